The lowest BCUT2D eigenvalue weighted by atomic mass is 10.1. The topological polar surface area (TPSA) is 49.9 Å². The van der Waals surface area contributed by atoms with Crippen molar-refractivity contribution in [3.05, 3.63) is 35.4 Å². The third-order valence-corrected chi connectivity index (χ3v) is 4.06. The van der Waals surface area contributed by atoms with Gasteiger partial charge >= 0.3 is 0 Å². The van der Waals surface area contributed by atoms with Gasteiger partial charge in [0, 0.05) is 26.2 Å². The number of fused-ring (bicyclic) bond motifs is 1. The Labute approximate surface area is 124 Å². The van der Waals surface area contributed by atoms with Crippen molar-refractivity contribution in [1.29, 1.82) is 0 Å². The van der Waals surface area contributed by atoms with Crippen LogP contribution >= 0.6 is 0 Å². The molecule has 1 aromatic rings. The smallest absolute Gasteiger partial charge is 0.261 e. The van der Waals surface area contributed by atoms with Crippen molar-refractivity contribution >= 4 is 11.8 Å². The molecule has 1 aromatic carbocycles. The molecule has 2 heterocycles. The number of amides is 2. The van der Waals surface area contributed by atoms with Crippen LogP contribution in [0.15, 0.2) is 24.3 Å². The Morgan fingerprint density at radius 2 is 1.81 bits per heavy atom. The number of nitrogens with zero attached hydrogens (tertiary/aromatic N) is 2. The van der Waals surface area contributed by atoms with E-state index in [-0.39, 0.29) is 17.9 Å². The fraction of sp³-hybridized carbons (Fsp3) is 0.500. The molecule has 112 valence electrons. The molecule has 1 fully saturated rings. The van der Waals surface area contributed by atoms with E-state index in [0.29, 0.717) is 17.7 Å². The lowest BCUT2D eigenvalue weighted by Gasteiger charge is -2.31. The Hall–Kier alpha value is -1.72. The molecule has 5 heteroatoms. The monoisotopic (exact) mass is 288 g/mol. The molecule has 0 N–H and O–H groups in total. The molecular formula is C16H20N2O3. The van der Waals surface area contributed by atoms with Gasteiger partial charge < -0.3 is 4.74 Å². The predicted octanol–water partition coefficient (Wildman–Crippen LogP) is 1.39. The van der Waals surface area contributed by atoms with Crippen LogP contribution in [0, 0.1) is 0 Å². The largest absolute Gasteiger partial charge is 0.376 e. The second-order valence-electron chi connectivity index (χ2n) is 5.64. The van der Waals surface area contributed by atoms with E-state index in [9.17, 15) is 9.59 Å². The van der Waals surface area contributed by atoms with Crippen LogP contribution in [0.2, 0.25) is 0 Å². The van der Waals surface area contributed by atoms with E-state index in [1.54, 1.807) is 24.3 Å². The molecule has 0 spiro atoms. The number of carbonyl (C=O) groups is 2. The van der Waals surface area contributed by atoms with Crippen molar-refractivity contribution in [1.82, 2.24) is 9.80 Å². The van der Waals surface area contributed by atoms with Crippen molar-refractivity contribution < 1.29 is 14.3 Å². The molecule has 3 rings (SSSR count). The van der Waals surface area contributed by atoms with Gasteiger partial charge in [-0.05, 0) is 25.5 Å². The van der Waals surface area contributed by atoms with E-state index >= 15 is 0 Å². The number of benzene rings is 1. The molecule has 2 aliphatic rings. The van der Waals surface area contributed by atoms with Crippen LogP contribution in [0.5, 0.6) is 0 Å². The molecule has 0 bridgehead atoms. The number of hydrogen-bond acceptors (Lipinski definition) is 4. The summed E-state index contributed by atoms with van der Waals surface area (Å²) >= 11 is 0. The van der Waals surface area contributed by atoms with Crippen LogP contribution in [-0.4, -0.2) is 60.5 Å². The zero-order valence-electron chi connectivity index (χ0n) is 12.2. The van der Waals surface area contributed by atoms with Gasteiger partial charge in [-0.2, -0.15) is 0 Å². The van der Waals surface area contributed by atoms with Crippen LogP contribution in [0.4, 0.5) is 0 Å². The number of ether oxygens (including phenoxy) is 1. The van der Waals surface area contributed by atoms with Gasteiger partial charge in [-0.1, -0.05) is 12.1 Å². The van der Waals surface area contributed by atoms with Crippen molar-refractivity contribution in [2.24, 2.45) is 0 Å². The van der Waals surface area contributed by atoms with Gasteiger partial charge in [-0.3, -0.25) is 19.4 Å². The standard InChI is InChI=1S/C16H20N2O3/c1-12-11-17(9-10-21-12)7-4-8-18-15(19)13-5-2-3-6-14(13)16(18)20/h2-3,5-6,12H,4,7-11H2,1H3. The number of imide groups is 1. The van der Waals surface area contributed by atoms with E-state index in [2.05, 4.69) is 11.8 Å². The molecule has 1 unspecified atom stereocenters. The molecular weight excluding hydrogens is 268 g/mol. The second kappa shape index (κ2) is 5.95. The first kappa shape index (κ1) is 14.2. The lowest BCUT2D eigenvalue weighted by Crippen LogP contribution is -2.42. The van der Waals surface area contributed by atoms with Gasteiger partial charge in [0.2, 0.25) is 0 Å². The molecule has 21 heavy (non-hydrogen) atoms. The molecule has 0 radical (unpaired) electrons. The summed E-state index contributed by atoms with van der Waals surface area (Å²) in [6.45, 7) is 6.04. The van der Waals surface area contributed by atoms with Gasteiger partial charge in [0.25, 0.3) is 11.8 Å². The Morgan fingerprint density at radius 3 is 2.43 bits per heavy atom. The first-order valence-electron chi connectivity index (χ1n) is 7.46. The van der Waals surface area contributed by atoms with Crippen LogP contribution in [0.1, 0.15) is 34.1 Å². The molecule has 0 aromatic heterocycles. The van der Waals surface area contributed by atoms with Crippen LogP contribution in [0.25, 0.3) is 0 Å². The van der Waals surface area contributed by atoms with Crippen LogP contribution < -0.4 is 0 Å². The fourth-order valence-corrected chi connectivity index (χ4v) is 2.99. The molecule has 2 aliphatic heterocycles. The summed E-state index contributed by atoms with van der Waals surface area (Å²) in [6, 6.07) is 7.03. The van der Waals surface area contributed by atoms with Crippen molar-refractivity contribution in [2.45, 2.75) is 19.4 Å². The van der Waals surface area contributed by atoms with E-state index in [1.807, 2.05) is 0 Å². The highest BCUT2D eigenvalue weighted by Crippen LogP contribution is 2.22. The molecule has 2 amide bonds. The number of carbonyl (C=O) groups excluding carboxylic acids is 2. The second-order valence-corrected chi connectivity index (χ2v) is 5.64. The van der Waals surface area contributed by atoms with Crippen molar-refractivity contribution in [3.63, 3.8) is 0 Å². The third-order valence-electron chi connectivity index (χ3n) is 4.06. The Kier molecular flexibility index (Phi) is 4.03. The zero-order valence-corrected chi connectivity index (χ0v) is 12.2. The minimum atomic E-state index is -0.161. The van der Waals surface area contributed by atoms with E-state index in [4.69, 9.17) is 4.74 Å². The maximum Gasteiger partial charge on any atom is 0.261 e. The van der Waals surface area contributed by atoms with Gasteiger partial charge in [0.15, 0.2) is 0 Å². The Bertz CT molecular complexity index is 523. The highest BCUT2D eigenvalue weighted by molar-refractivity contribution is 6.21. The number of hydrogen-bond donors (Lipinski definition) is 0. The predicted molar refractivity (Wildman–Crippen MR) is 78.3 cm³/mol. The molecule has 1 saturated heterocycles. The summed E-state index contributed by atoms with van der Waals surface area (Å²) in [5.74, 6) is -0.322. The molecule has 1 atom stereocenters. The SMILES string of the molecule is CC1CN(CCCN2C(=O)c3ccccc3C2=O)CCO1. The highest BCUT2D eigenvalue weighted by Gasteiger charge is 2.34. The minimum absolute atomic E-state index is 0.161. The summed E-state index contributed by atoms with van der Waals surface area (Å²) in [4.78, 5) is 28.1. The molecule has 5 nitrogen and oxygen atoms in total. The van der Waals surface area contributed by atoms with E-state index in [1.165, 1.54) is 4.90 Å². The van der Waals surface area contributed by atoms with Gasteiger partial charge in [-0.25, -0.2) is 0 Å². The lowest BCUT2D eigenvalue weighted by molar-refractivity contribution is -0.0189. The van der Waals surface area contributed by atoms with Crippen LogP contribution in [-0.2, 0) is 4.74 Å². The fourth-order valence-electron chi connectivity index (χ4n) is 2.99. The van der Waals surface area contributed by atoms with Gasteiger partial charge in [0.1, 0.15) is 0 Å². The molecule has 0 saturated carbocycles. The Morgan fingerprint density at radius 1 is 1.14 bits per heavy atom. The van der Waals surface area contributed by atoms with E-state index < -0.39 is 0 Å². The zero-order chi connectivity index (χ0) is 14.8. The van der Waals surface area contributed by atoms with Gasteiger partial charge in [0.05, 0.1) is 23.8 Å². The van der Waals surface area contributed by atoms with Gasteiger partial charge in [-0.15, -0.1) is 0 Å². The quantitative estimate of drug-likeness (QED) is 0.786. The van der Waals surface area contributed by atoms with E-state index in [0.717, 1.165) is 32.7 Å². The van der Waals surface area contributed by atoms with Crippen molar-refractivity contribution in [2.75, 3.05) is 32.8 Å². The molecule has 0 aliphatic carbocycles. The summed E-state index contributed by atoms with van der Waals surface area (Å²) in [5, 5.41) is 0. The van der Waals surface area contributed by atoms with Crippen LogP contribution in [0.3, 0.4) is 0 Å². The van der Waals surface area contributed by atoms with Crippen molar-refractivity contribution in [3.8, 4) is 0 Å². The average molecular weight is 288 g/mol. The first-order valence-corrected chi connectivity index (χ1v) is 7.46. The minimum Gasteiger partial charge on any atom is -0.376 e. The number of morpholine rings is 1. The summed E-state index contributed by atoms with van der Waals surface area (Å²) < 4.78 is 5.50. The normalized spacial score (nSPS) is 22.7. The highest BCUT2D eigenvalue weighted by atomic mass is 16.5. The average Bonchev–Trinajstić information content (AvgIpc) is 2.73. The summed E-state index contributed by atoms with van der Waals surface area (Å²) in [6.07, 6.45) is 1.07. The third kappa shape index (κ3) is 2.84. The maximum atomic E-state index is 12.2. The first-order chi connectivity index (χ1) is 10.2. The number of rotatable bonds is 4. The summed E-state index contributed by atoms with van der Waals surface area (Å²) in [7, 11) is 0. The maximum absolute atomic E-state index is 12.2. The Balaban J connectivity index is 1.55. The summed E-state index contributed by atoms with van der Waals surface area (Å²) in [5.41, 5.74) is 1.06.